The Labute approximate surface area is 162 Å². The average molecular weight is 373 g/mol. The van der Waals surface area contributed by atoms with Crippen LogP contribution in [0.25, 0.3) is 0 Å². The van der Waals surface area contributed by atoms with E-state index in [1.807, 2.05) is 23.1 Å². The lowest BCUT2D eigenvalue weighted by Crippen LogP contribution is -2.50. The highest BCUT2D eigenvalue weighted by Gasteiger charge is 2.41. The van der Waals surface area contributed by atoms with Crippen molar-refractivity contribution in [3.63, 3.8) is 0 Å². The second-order valence-corrected chi connectivity index (χ2v) is 8.24. The van der Waals surface area contributed by atoms with Gasteiger partial charge in [0, 0.05) is 31.9 Å². The molecule has 1 aliphatic carbocycles. The van der Waals surface area contributed by atoms with Crippen LogP contribution in [-0.4, -0.2) is 47.6 Å². The predicted octanol–water partition coefficient (Wildman–Crippen LogP) is 2.26. The van der Waals surface area contributed by atoms with Crippen LogP contribution in [0.5, 0.6) is 0 Å². The van der Waals surface area contributed by atoms with Gasteiger partial charge in [-0.15, -0.1) is 0 Å². The molecule has 3 aliphatic rings. The Morgan fingerprint density at radius 2 is 2.07 bits per heavy atom. The SMILES string of the molecule is O=C(C1CNNC1C1CCCCC1)N1CCCC(OCc2ccccn2)C1. The van der Waals surface area contributed by atoms with E-state index in [9.17, 15) is 4.79 Å². The van der Waals surface area contributed by atoms with Crippen molar-refractivity contribution in [3.8, 4) is 0 Å². The molecule has 6 heteroatoms. The topological polar surface area (TPSA) is 66.5 Å². The van der Waals surface area contributed by atoms with Crippen LogP contribution in [0.2, 0.25) is 0 Å². The van der Waals surface area contributed by atoms with Crippen molar-refractivity contribution in [1.29, 1.82) is 0 Å². The van der Waals surface area contributed by atoms with E-state index in [2.05, 4.69) is 15.8 Å². The van der Waals surface area contributed by atoms with E-state index in [-0.39, 0.29) is 18.1 Å². The minimum atomic E-state index is 0.0580. The zero-order valence-electron chi connectivity index (χ0n) is 16.1. The molecule has 3 atom stereocenters. The molecule has 3 unspecified atom stereocenters. The number of nitrogens with one attached hydrogen (secondary N) is 2. The lowest BCUT2D eigenvalue weighted by Gasteiger charge is -2.36. The summed E-state index contributed by atoms with van der Waals surface area (Å²) in [6.45, 7) is 2.83. The summed E-state index contributed by atoms with van der Waals surface area (Å²) in [5.41, 5.74) is 7.62. The minimum Gasteiger partial charge on any atom is -0.370 e. The van der Waals surface area contributed by atoms with Gasteiger partial charge in [-0.1, -0.05) is 25.3 Å². The van der Waals surface area contributed by atoms with Gasteiger partial charge in [0.2, 0.25) is 5.91 Å². The zero-order chi connectivity index (χ0) is 18.5. The number of hydrogen-bond donors (Lipinski definition) is 2. The molecule has 2 saturated heterocycles. The first-order valence-electron chi connectivity index (χ1n) is 10.6. The number of likely N-dealkylation sites (tertiary alicyclic amines) is 1. The summed E-state index contributed by atoms with van der Waals surface area (Å²) >= 11 is 0. The van der Waals surface area contributed by atoms with Crippen LogP contribution >= 0.6 is 0 Å². The highest BCUT2D eigenvalue weighted by molar-refractivity contribution is 5.80. The van der Waals surface area contributed by atoms with Crippen molar-refractivity contribution in [2.24, 2.45) is 11.8 Å². The third-order valence-corrected chi connectivity index (χ3v) is 6.38. The number of nitrogens with zero attached hydrogens (tertiary/aromatic N) is 2. The summed E-state index contributed by atoms with van der Waals surface area (Å²) in [4.78, 5) is 19.6. The zero-order valence-corrected chi connectivity index (χ0v) is 16.1. The third-order valence-electron chi connectivity index (χ3n) is 6.38. The van der Waals surface area contributed by atoms with Crippen molar-refractivity contribution in [1.82, 2.24) is 20.7 Å². The van der Waals surface area contributed by atoms with Crippen LogP contribution in [0.3, 0.4) is 0 Å². The van der Waals surface area contributed by atoms with Crippen LogP contribution < -0.4 is 10.9 Å². The molecule has 0 aromatic carbocycles. The Balaban J connectivity index is 1.32. The van der Waals surface area contributed by atoms with E-state index in [1.54, 1.807) is 6.20 Å². The Morgan fingerprint density at radius 1 is 1.19 bits per heavy atom. The molecule has 1 aromatic rings. The second kappa shape index (κ2) is 9.13. The van der Waals surface area contributed by atoms with Gasteiger partial charge in [0.25, 0.3) is 0 Å². The maximum absolute atomic E-state index is 13.3. The molecule has 3 fully saturated rings. The summed E-state index contributed by atoms with van der Waals surface area (Å²) in [5.74, 6) is 0.987. The Bertz CT molecular complexity index is 605. The Hall–Kier alpha value is -1.50. The highest BCUT2D eigenvalue weighted by atomic mass is 16.5. The fourth-order valence-corrected chi connectivity index (χ4v) is 4.89. The molecule has 27 heavy (non-hydrogen) atoms. The molecule has 4 rings (SSSR count). The number of amides is 1. The molecule has 0 bridgehead atoms. The fourth-order valence-electron chi connectivity index (χ4n) is 4.89. The molecule has 1 amide bonds. The smallest absolute Gasteiger partial charge is 0.228 e. The summed E-state index contributed by atoms with van der Waals surface area (Å²) < 4.78 is 6.07. The fraction of sp³-hybridized carbons (Fsp3) is 0.714. The van der Waals surface area contributed by atoms with Crippen molar-refractivity contribution in [2.45, 2.75) is 63.7 Å². The van der Waals surface area contributed by atoms with Gasteiger partial charge in [0.05, 0.1) is 24.3 Å². The molecule has 1 saturated carbocycles. The number of pyridine rings is 1. The maximum atomic E-state index is 13.3. The molecule has 2 aliphatic heterocycles. The third kappa shape index (κ3) is 4.68. The number of piperidine rings is 1. The van der Waals surface area contributed by atoms with E-state index >= 15 is 0 Å². The van der Waals surface area contributed by atoms with Gasteiger partial charge in [0.1, 0.15) is 0 Å². The van der Waals surface area contributed by atoms with E-state index in [0.29, 0.717) is 25.0 Å². The highest BCUT2D eigenvalue weighted by Crippen LogP contribution is 2.32. The average Bonchev–Trinajstić information content (AvgIpc) is 3.23. The number of hydrogen-bond acceptors (Lipinski definition) is 5. The first-order valence-corrected chi connectivity index (χ1v) is 10.6. The van der Waals surface area contributed by atoms with Crippen LogP contribution in [0.4, 0.5) is 0 Å². The lowest BCUT2D eigenvalue weighted by atomic mass is 9.79. The van der Waals surface area contributed by atoms with Gasteiger partial charge >= 0.3 is 0 Å². The van der Waals surface area contributed by atoms with Gasteiger partial charge in [-0.05, 0) is 43.7 Å². The summed E-state index contributed by atoms with van der Waals surface area (Å²) in [6.07, 6.45) is 10.4. The largest absolute Gasteiger partial charge is 0.370 e. The van der Waals surface area contributed by atoms with Crippen molar-refractivity contribution >= 4 is 5.91 Å². The lowest BCUT2D eigenvalue weighted by molar-refractivity contribution is -0.140. The number of aromatic nitrogens is 1. The van der Waals surface area contributed by atoms with Gasteiger partial charge in [-0.25, -0.2) is 0 Å². The van der Waals surface area contributed by atoms with Gasteiger partial charge in [-0.2, -0.15) is 0 Å². The monoisotopic (exact) mass is 372 g/mol. The number of carbonyl (C=O) groups is 1. The van der Waals surface area contributed by atoms with E-state index in [0.717, 1.165) is 31.6 Å². The van der Waals surface area contributed by atoms with Crippen LogP contribution in [-0.2, 0) is 16.1 Å². The number of hydrazine groups is 1. The van der Waals surface area contributed by atoms with Crippen LogP contribution in [0, 0.1) is 11.8 Å². The van der Waals surface area contributed by atoms with Crippen LogP contribution in [0.15, 0.2) is 24.4 Å². The van der Waals surface area contributed by atoms with E-state index in [1.165, 1.54) is 32.1 Å². The molecule has 1 aromatic heterocycles. The molecule has 3 heterocycles. The van der Waals surface area contributed by atoms with E-state index < -0.39 is 0 Å². The summed E-state index contributed by atoms with van der Waals surface area (Å²) in [5, 5.41) is 0. The number of rotatable bonds is 5. The minimum absolute atomic E-state index is 0.0580. The van der Waals surface area contributed by atoms with Crippen molar-refractivity contribution in [3.05, 3.63) is 30.1 Å². The molecule has 0 spiro atoms. The Morgan fingerprint density at radius 3 is 2.89 bits per heavy atom. The quantitative estimate of drug-likeness (QED) is 0.830. The van der Waals surface area contributed by atoms with Crippen molar-refractivity contribution in [2.75, 3.05) is 19.6 Å². The van der Waals surface area contributed by atoms with Crippen molar-refractivity contribution < 1.29 is 9.53 Å². The normalized spacial score (nSPS) is 29.8. The molecular formula is C21H32N4O2. The van der Waals surface area contributed by atoms with E-state index in [4.69, 9.17) is 4.74 Å². The maximum Gasteiger partial charge on any atom is 0.228 e. The Kier molecular flexibility index (Phi) is 6.37. The predicted molar refractivity (Wildman–Crippen MR) is 104 cm³/mol. The van der Waals surface area contributed by atoms with Gasteiger partial charge < -0.3 is 9.64 Å². The van der Waals surface area contributed by atoms with Gasteiger partial charge in [0.15, 0.2) is 0 Å². The second-order valence-electron chi connectivity index (χ2n) is 8.24. The summed E-state index contributed by atoms with van der Waals surface area (Å²) in [6, 6.07) is 6.16. The molecule has 0 radical (unpaired) electrons. The van der Waals surface area contributed by atoms with Crippen LogP contribution in [0.1, 0.15) is 50.6 Å². The number of ether oxygens (including phenoxy) is 1. The van der Waals surface area contributed by atoms with Gasteiger partial charge in [-0.3, -0.25) is 20.6 Å². The summed E-state index contributed by atoms with van der Waals surface area (Å²) in [7, 11) is 0. The number of carbonyl (C=O) groups excluding carboxylic acids is 1. The first kappa shape index (κ1) is 18.8. The standard InChI is InChI=1S/C21H32N4O2/c26-21(19-13-23-24-20(19)16-7-2-1-3-8-16)25-12-6-10-18(14-25)27-15-17-9-4-5-11-22-17/h4-5,9,11,16,18-20,23-24H,1-3,6-8,10,12-15H2. The molecular weight excluding hydrogens is 340 g/mol. The molecule has 2 N–H and O–H groups in total. The first-order chi connectivity index (χ1) is 13.3. The molecule has 148 valence electrons. The molecule has 6 nitrogen and oxygen atoms in total.